The Morgan fingerprint density at radius 1 is 1.22 bits per heavy atom. The van der Waals surface area contributed by atoms with Gasteiger partial charge in [0.15, 0.2) is 9.84 Å². The molecule has 0 saturated heterocycles. The minimum absolute atomic E-state index is 0.0332. The highest BCUT2D eigenvalue weighted by Crippen LogP contribution is 2.26. The second-order valence-corrected chi connectivity index (χ2v) is 12.1. The van der Waals surface area contributed by atoms with Crippen LogP contribution in [0, 0.1) is 5.82 Å². The van der Waals surface area contributed by atoms with Crippen LogP contribution in [0.25, 0.3) is 10.9 Å². The van der Waals surface area contributed by atoms with Crippen molar-refractivity contribution in [2.45, 2.75) is 26.4 Å². The zero-order valence-electron chi connectivity index (χ0n) is 22.4. The van der Waals surface area contributed by atoms with E-state index >= 15 is 0 Å². The summed E-state index contributed by atoms with van der Waals surface area (Å²) >= 11 is 6.13. The van der Waals surface area contributed by atoms with Crippen molar-refractivity contribution in [1.29, 1.82) is 0 Å². The number of sulfone groups is 1. The number of carbonyl (C=O) groups is 1. The van der Waals surface area contributed by atoms with Gasteiger partial charge in [-0.3, -0.25) is 14.6 Å². The fourth-order valence-corrected chi connectivity index (χ4v) is 4.91. The van der Waals surface area contributed by atoms with E-state index in [1.165, 1.54) is 29.8 Å². The van der Waals surface area contributed by atoms with Crippen LogP contribution >= 0.6 is 11.6 Å². The summed E-state index contributed by atoms with van der Waals surface area (Å²) in [4.78, 5) is 32.3. The SMILES string of the molecule is C=C(C=CC(Cn1ccccc1=O)=C(C)S(C)(=O)=O)Cc1cc(C(=O)NCc2cc3c(Cl)c[nH]c3cc2F)ccn1. The number of nitrogens with one attached hydrogen (secondary N) is 2. The number of aromatic amines is 1. The topological polar surface area (TPSA) is 114 Å². The summed E-state index contributed by atoms with van der Waals surface area (Å²) in [7, 11) is -3.50. The number of allylic oxidation sites excluding steroid dienone is 5. The highest BCUT2D eigenvalue weighted by Gasteiger charge is 2.14. The van der Waals surface area contributed by atoms with E-state index in [2.05, 4.69) is 21.9 Å². The third-order valence-electron chi connectivity index (χ3n) is 6.49. The molecule has 0 spiro atoms. The van der Waals surface area contributed by atoms with E-state index < -0.39 is 21.6 Å². The molecule has 0 atom stereocenters. The van der Waals surface area contributed by atoms with Crippen LogP contribution in [0.15, 0.2) is 101 Å². The minimum Gasteiger partial charge on any atom is -0.360 e. The number of rotatable bonds is 10. The molecule has 0 radical (unpaired) electrons. The lowest BCUT2D eigenvalue weighted by atomic mass is 10.1. The monoisotopic (exact) mass is 594 g/mol. The Morgan fingerprint density at radius 2 is 2.00 bits per heavy atom. The van der Waals surface area contributed by atoms with Crippen molar-refractivity contribution in [2.75, 3.05) is 6.26 Å². The number of pyridine rings is 2. The molecule has 0 unspecified atom stereocenters. The van der Waals surface area contributed by atoms with Crippen LogP contribution in [-0.4, -0.2) is 35.1 Å². The molecule has 4 aromatic rings. The van der Waals surface area contributed by atoms with Crippen LogP contribution in [0.3, 0.4) is 0 Å². The van der Waals surface area contributed by atoms with E-state index in [0.717, 1.165) is 6.26 Å². The number of benzene rings is 1. The van der Waals surface area contributed by atoms with E-state index in [9.17, 15) is 22.4 Å². The third kappa shape index (κ3) is 7.47. The van der Waals surface area contributed by atoms with E-state index in [1.807, 2.05) is 0 Å². The van der Waals surface area contributed by atoms with Crippen molar-refractivity contribution in [3.8, 4) is 0 Å². The molecular formula is C30H28ClFN4O4S. The molecule has 1 amide bonds. The third-order valence-corrected chi connectivity index (χ3v) is 8.18. The van der Waals surface area contributed by atoms with Gasteiger partial charge in [-0.25, -0.2) is 12.8 Å². The molecule has 4 rings (SSSR count). The number of hydrogen-bond donors (Lipinski definition) is 2. The fraction of sp³-hybridized carbons (Fsp3) is 0.167. The van der Waals surface area contributed by atoms with E-state index in [4.69, 9.17) is 11.6 Å². The summed E-state index contributed by atoms with van der Waals surface area (Å²) in [6, 6.07) is 10.8. The maximum atomic E-state index is 14.5. The Bertz CT molecular complexity index is 1870. The second-order valence-electron chi connectivity index (χ2n) is 9.53. The average Bonchev–Trinajstić information content (AvgIpc) is 3.28. The average molecular weight is 595 g/mol. The molecule has 0 aliphatic carbocycles. The van der Waals surface area contributed by atoms with E-state index in [1.54, 1.807) is 54.9 Å². The van der Waals surface area contributed by atoms with Gasteiger partial charge in [-0.1, -0.05) is 36.4 Å². The number of fused-ring (bicyclic) bond motifs is 1. The summed E-state index contributed by atoms with van der Waals surface area (Å²) in [6.45, 7) is 5.56. The zero-order valence-corrected chi connectivity index (χ0v) is 24.0. The fourth-order valence-electron chi connectivity index (χ4n) is 4.09. The first kappa shape index (κ1) is 29.7. The van der Waals surface area contributed by atoms with Crippen LogP contribution in [0.5, 0.6) is 0 Å². The maximum absolute atomic E-state index is 14.5. The Hall–Kier alpha value is -4.28. The minimum atomic E-state index is -3.50. The first-order chi connectivity index (χ1) is 19.4. The Labute approximate surface area is 241 Å². The molecule has 0 bridgehead atoms. The van der Waals surface area contributed by atoms with Gasteiger partial charge in [-0.05, 0) is 48.4 Å². The van der Waals surface area contributed by atoms with Gasteiger partial charge in [0.1, 0.15) is 5.82 Å². The van der Waals surface area contributed by atoms with Crippen LogP contribution in [-0.2, 0) is 29.3 Å². The predicted molar refractivity (Wildman–Crippen MR) is 159 cm³/mol. The molecule has 0 aliphatic heterocycles. The zero-order chi connectivity index (χ0) is 29.7. The van der Waals surface area contributed by atoms with Gasteiger partial charge in [0.25, 0.3) is 11.5 Å². The van der Waals surface area contributed by atoms with Crippen molar-refractivity contribution in [3.63, 3.8) is 0 Å². The smallest absolute Gasteiger partial charge is 0.251 e. The molecule has 0 saturated carbocycles. The van der Waals surface area contributed by atoms with Gasteiger partial charge >= 0.3 is 0 Å². The molecule has 3 aromatic heterocycles. The van der Waals surface area contributed by atoms with E-state index in [-0.39, 0.29) is 30.0 Å². The molecule has 11 heteroatoms. The quantitative estimate of drug-likeness (QED) is 0.247. The van der Waals surface area contributed by atoms with Crippen LogP contribution in [0.4, 0.5) is 4.39 Å². The number of halogens is 2. The van der Waals surface area contributed by atoms with Gasteiger partial charge in [-0.15, -0.1) is 0 Å². The Morgan fingerprint density at radius 3 is 2.73 bits per heavy atom. The molecule has 0 aliphatic rings. The van der Waals surface area contributed by atoms with Crippen molar-refractivity contribution in [1.82, 2.24) is 19.9 Å². The molecule has 0 fully saturated rings. The second kappa shape index (κ2) is 12.5. The summed E-state index contributed by atoms with van der Waals surface area (Å²) in [5, 5.41) is 3.84. The van der Waals surface area contributed by atoms with Crippen LogP contribution in [0.2, 0.25) is 5.02 Å². The summed E-state index contributed by atoms with van der Waals surface area (Å²) in [6.07, 6.45) is 9.34. The van der Waals surface area contributed by atoms with Gasteiger partial charge in [0.05, 0.1) is 11.6 Å². The van der Waals surface area contributed by atoms with Crippen LogP contribution < -0.4 is 10.9 Å². The summed E-state index contributed by atoms with van der Waals surface area (Å²) in [5.74, 6) is -0.872. The standard InChI is InChI=1S/C30H28ClFN4O4S/c1-19(7-8-22(20(2)41(3,39)40)18-36-11-5-4-6-29(36)37)12-24-13-21(9-10-33-24)30(38)35-16-23-14-25-26(31)17-34-28(25)15-27(23)32/h4-11,13-15,17,34H,1,12,16,18H2,2-3H3,(H,35,38). The Balaban J connectivity index is 1.45. The lowest BCUT2D eigenvalue weighted by Crippen LogP contribution is -2.23. The van der Waals surface area contributed by atoms with E-state index in [0.29, 0.717) is 43.9 Å². The number of aromatic nitrogens is 3. The molecular weight excluding hydrogens is 567 g/mol. The van der Waals surface area contributed by atoms with Gasteiger partial charge in [-0.2, -0.15) is 0 Å². The lowest BCUT2D eigenvalue weighted by molar-refractivity contribution is 0.0950. The van der Waals surface area contributed by atoms with Crippen molar-refractivity contribution >= 4 is 38.2 Å². The highest BCUT2D eigenvalue weighted by molar-refractivity contribution is 7.94. The Kier molecular flexibility index (Phi) is 9.05. The van der Waals surface area contributed by atoms with Crippen LogP contribution in [0.1, 0.15) is 28.5 Å². The van der Waals surface area contributed by atoms with Crippen molar-refractivity contribution in [3.05, 3.63) is 134 Å². The number of H-pyrrole nitrogens is 1. The molecule has 1 aromatic carbocycles. The molecule has 212 valence electrons. The van der Waals surface area contributed by atoms with Crippen molar-refractivity contribution < 1.29 is 17.6 Å². The van der Waals surface area contributed by atoms with Gasteiger partial charge < -0.3 is 14.9 Å². The first-order valence-corrected chi connectivity index (χ1v) is 14.8. The summed E-state index contributed by atoms with van der Waals surface area (Å²) in [5.41, 5.74) is 2.55. The highest BCUT2D eigenvalue weighted by atomic mass is 35.5. The number of nitrogens with zero attached hydrogens (tertiary/aromatic N) is 2. The number of hydrogen-bond acceptors (Lipinski definition) is 5. The maximum Gasteiger partial charge on any atom is 0.251 e. The lowest BCUT2D eigenvalue weighted by Gasteiger charge is -2.10. The van der Waals surface area contributed by atoms with Gasteiger partial charge in [0, 0.05) is 76.5 Å². The number of amides is 1. The molecule has 8 nitrogen and oxygen atoms in total. The molecule has 41 heavy (non-hydrogen) atoms. The predicted octanol–water partition coefficient (Wildman–Crippen LogP) is 5.12. The molecule has 3 heterocycles. The van der Waals surface area contributed by atoms with Gasteiger partial charge in [0.2, 0.25) is 0 Å². The normalized spacial score (nSPS) is 12.5. The molecule has 2 N–H and O–H groups in total. The largest absolute Gasteiger partial charge is 0.360 e. The van der Waals surface area contributed by atoms with Crippen molar-refractivity contribution in [2.24, 2.45) is 0 Å². The number of carbonyl (C=O) groups excluding carboxylic acids is 1. The first-order valence-electron chi connectivity index (χ1n) is 12.5. The summed E-state index contributed by atoms with van der Waals surface area (Å²) < 4.78 is 40.4.